The van der Waals surface area contributed by atoms with Gasteiger partial charge in [0, 0.05) is 16.6 Å². The Morgan fingerprint density at radius 2 is 1.66 bits per heavy atom. The Morgan fingerprint density at radius 1 is 1.00 bits per heavy atom. The largest absolute Gasteiger partial charge is 0.345 e. The highest BCUT2D eigenvalue weighted by molar-refractivity contribution is 9.10. The number of halogens is 1. The summed E-state index contributed by atoms with van der Waals surface area (Å²) >= 11 is 3.44. The summed E-state index contributed by atoms with van der Waals surface area (Å²) in [5.41, 5.74) is 3.06. The van der Waals surface area contributed by atoms with Crippen LogP contribution in [0.4, 0.5) is 0 Å². The molecule has 3 aromatic carbocycles. The zero-order chi connectivity index (χ0) is 24.0. The molecule has 1 aliphatic heterocycles. The van der Waals surface area contributed by atoms with Gasteiger partial charge < -0.3 is 9.84 Å². The maximum absolute atomic E-state index is 13.4. The summed E-state index contributed by atoms with van der Waals surface area (Å²) in [6, 6.07) is 27.9. The van der Waals surface area contributed by atoms with Crippen molar-refractivity contribution in [2.75, 3.05) is 13.1 Å². The van der Waals surface area contributed by atoms with Crippen LogP contribution in [0.2, 0.25) is 0 Å². The highest BCUT2D eigenvalue weighted by Crippen LogP contribution is 2.25. The molecule has 1 N–H and O–H groups in total. The molecule has 1 amide bonds. The average molecular weight is 531 g/mol. The van der Waals surface area contributed by atoms with Crippen LogP contribution in [0.5, 0.6) is 0 Å². The van der Waals surface area contributed by atoms with Crippen molar-refractivity contribution in [3.63, 3.8) is 0 Å². The average Bonchev–Trinajstić information content (AvgIpc) is 3.37. The molecule has 6 nitrogen and oxygen atoms in total. The third kappa shape index (κ3) is 5.86. The van der Waals surface area contributed by atoms with Crippen molar-refractivity contribution in [1.29, 1.82) is 0 Å². The van der Waals surface area contributed by atoms with Crippen LogP contribution in [-0.4, -0.2) is 34.0 Å². The van der Waals surface area contributed by atoms with Crippen LogP contribution in [0.25, 0.3) is 11.4 Å². The zero-order valence-electron chi connectivity index (χ0n) is 19.3. The van der Waals surface area contributed by atoms with Crippen LogP contribution >= 0.6 is 15.9 Å². The summed E-state index contributed by atoms with van der Waals surface area (Å²) in [6.07, 6.45) is 1.82. The highest BCUT2D eigenvalue weighted by atomic mass is 79.9. The fraction of sp³-hybridized carbons (Fsp3) is 0.250. The minimum Gasteiger partial charge on any atom is -0.345 e. The highest BCUT2D eigenvalue weighted by Gasteiger charge is 2.29. The van der Waals surface area contributed by atoms with Gasteiger partial charge in [-0.05, 0) is 54.8 Å². The molecule has 5 rings (SSSR count). The third-order valence-electron chi connectivity index (χ3n) is 6.36. The SMILES string of the molecule is O=C(NC(c1ccccc1)c1ccccc1)C1CCCN(Cc2nc(-c3ccc(Br)cc3)no2)C1. The molecule has 0 aliphatic carbocycles. The number of likely N-dealkylation sites (tertiary alicyclic amines) is 1. The number of nitrogens with one attached hydrogen (secondary N) is 1. The molecule has 1 unspecified atom stereocenters. The van der Waals surface area contributed by atoms with Gasteiger partial charge in [0.15, 0.2) is 0 Å². The van der Waals surface area contributed by atoms with Gasteiger partial charge in [0.05, 0.1) is 18.5 Å². The maximum atomic E-state index is 13.4. The molecule has 0 bridgehead atoms. The molecule has 2 heterocycles. The second-order valence-electron chi connectivity index (χ2n) is 8.86. The molecule has 35 heavy (non-hydrogen) atoms. The van der Waals surface area contributed by atoms with Crippen molar-refractivity contribution in [3.05, 3.63) is 106 Å². The van der Waals surface area contributed by atoms with Gasteiger partial charge in [-0.3, -0.25) is 9.69 Å². The number of nitrogens with zero attached hydrogens (tertiary/aromatic N) is 3. The Bertz CT molecular complexity index is 1210. The van der Waals surface area contributed by atoms with Crippen LogP contribution in [0.15, 0.2) is 93.9 Å². The summed E-state index contributed by atoms with van der Waals surface area (Å²) in [6.45, 7) is 2.10. The maximum Gasteiger partial charge on any atom is 0.241 e. The van der Waals surface area contributed by atoms with Crippen LogP contribution < -0.4 is 5.32 Å². The van der Waals surface area contributed by atoms with Crippen LogP contribution in [0.1, 0.15) is 35.9 Å². The third-order valence-corrected chi connectivity index (χ3v) is 6.89. The van der Waals surface area contributed by atoms with E-state index < -0.39 is 0 Å². The van der Waals surface area contributed by atoms with E-state index in [1.54, 1.807) is 0 Å². The first kappa shape index (κ1) is 23.5. The number of carbonyl (C=O) groups excluding carboxylic acids is 1. The van der Waals surface area contributed by atoms with Crippen LogP contribution in [0, 0.1) is 5.92 Å². The molecule has 1 aliphatic rings. The number of benzene rings is 3. The van der Waals surface area contributed by atoms with E-state index in [9.17, 15) is 4.79 Å². The predicted molar refractivity (Wildman–Crippen MR) is 138 cm³/mol. The molecule has 0 saturated carbocycles. The second-order valence-corrected chi connectivity index (χ2v) is 9.77. The Kier molecular flexibility index (Phi) is 7.35. The first-order chi connectivity index (χ1) is 17.2. The first-order valence-electron chi connectivity index (χ1n) is 11.9. The minimum absolute atomic E-state index is 0.0773. The fourth-order valence-electron chi connectivity index (χ4n) is 4.55. The van der Waals surface area contributed by atoms with E-state index in [1.165, 1.54) is 0 Å². The number of amides is 1. The zero-order valence-corrected chi connectivity index (χ0v) is 20.9. The molecule has 7 heteroatoms. The van der Waals surface area contributed by atoms with E-state index in [0.717, 1.165) is 40.5 Å². The van der Waals surface area contributed by atoms with Gasteiger partial charge in [0.2, 0.25) is 17.6 Å². The van der Waals surface area contributed by atoms with Crippen LogP contribution in [-0.2, 0) is 11.3 Å². The smallest absolute Gasteiger partial charge is 0.241 e. The Balaban J connectivity index is 1.24. The van der Waals surface area contributed by atoms with Crippen molar-refractivity contribution in [1.82, 2.24) is 20.4 Å². The number of carbonyl (C=O) groups is 1. The molecular weight excluding hydrogens is 504 g/mol. The topological polar surface area (TPSA) is 71.3 Å². The quantitative estimate of drug-likeness (QED) is 0.336. The van der Waals surface area contributed by atoms with Crippen molar-refractivity contribution < 1.29 is 9.32 Å². The number of aromatic nitrogens is 2. The molecule has 0 radical (unpaired) electrons. The molecule has 4 aromatic rings. The van der Waals surface area contributed by atoms with Gasteiger partial charge in [0.1, 0.15) is 0 Å². The summed E-state index contributed by atoms with van der Waals surface area (Å²) in [4.78, 5) is 20.2. The monoisotopic (exact) mass is 530 g/mol. The van der Waals surface area contributed by atoms with Gasteiger partial charge in [-0.1, -0.05) is 81.8 Å². The molecule has 1 fully saturated rings. The molecule has 0 spiro atoms. The molecule has 178 valence electrons. The van der Waals surface area contributed by atoms with E-state index in [4.69, 9.17) is 4.52 Å². The number of hydrogen-bond donors (Lipinski definition) is 1. The van der Waals surface area contributed by atoms with Gasteiger partial charge in [0.25, 0.3) is 0 Å². The summed E-state index contributed by atoms with van der Waals surface area (Å²) in [5, 5.41) is 7.45. The van der Waals surface area contributed by atoms with E-state index in [1.807, 2.05) is 60.7 Å². The number of piperidine rings is 1. The summed E-state index contributed by atoms with van der Waals surface area (Å²) < 4.78 is 6.52. The van der Waals surface area contributed by atoms with Gasteiger partial charge >= 0.3 is 0 Å². The van der Waals surface area contributed by atoms with E-state index in [2.05, 4.69) is 60.6 Å². The molecular formula is C28H27BrN4O2. The lowest BCUT2D eigenvalue weighted by molar-refractivity contribution is -0.127. The Labute approximate surface area is 213 Å². The molecule has 1 saturated heterocycles. The normalized spacial score (nSPS) is 16.3. The lowest BCUT2D eigenvalue weighted by Crippen LogP contribution is -2.43. The Hall–Kier alpha value is -3.29. The summed E-state index contributed by atoms with van der Waals surface area (Å²) in [5.74, 6) is 1.13. The van der Waals surface area contributed by atoms with Crippen molar-refractivity contribution >= 4 is 21.8 Å². The van der Waals surface area contributed by atoms with E-state index >= 15 is 0 Å². The molecule has 1 atom stereocenters. The minimum atomic E-state index is -0.176. The standard InChI is InChI=1S/C28H27BrN4O2/c29-24-15-13-22(14-16-24)27-30-25(35-32-27)19-33-17-7-12-23(18-33)28(34)31-26(20-8-3-1-4-9-20)21-10-5-2-6-11-21/h1-6,8-11,13-16,23,26H,7,12,17-19H2,(H,31,34). The fourth-order valence-corrected chi connectivity index (χ4v) is 4.81. The van der Waals surface area contributed by atoms with Crippen molar-refractivity contribution in [3.8, 4) is 11.4 Å². The lowest BCUT2D eigenvalue weighted by Gasteiger charge is -2.32. The predicted octanol–water partition coefficient (Wildman–Crippen LogP) is 5.62. The van der Waals surface area contributed by atoms with E-state index in [-0.39, 0.29) is 17.9 Å². The Morgan fingerprint density at radius 3 is 2.31 bits per heavy atom. The summed E-state index contributed by atoms with van der Waals surface area (Å²) in [7, 11) is 0. The van der Waals surface area contributed by atoms with Crippen molar-refractivity contribution in [2.24, 2.45) is 5.92 Å². The van der Waals surface area contributed by atoms with Gasteiger partial charge in [-0.25, -0.2) is 0 Å². The van der Waals surface area contributed by atoms with Gasteiger partial charge in [-0.2, -0.15) is 4.98 Å². The number of hydrogen-bond acceptors (Lipinski definition) is 5. The van der Waals surface area contributed by atoms with E-state index in [0.29, 0.717) is 24.8 Å². The lowest BCUT2D eigenvalue weighted by atomic mass is 9.94. The second kappa shape index (κ2) is 11.0. The first-order valence-corrected chi connectivity index (χ1v) is 12.7. The molecule has 1 aromatic heterocycles. The van der Waals surface area contributed by atoms with Crippen molar-refractivity contribution in [2.45, 2.75) is 25.4 Å². The number of rotatable bonds is 7. The van der Waals surface area contributed by atoms with Crippen LogP contribution in [0.3, 0.4) is 0 Å². The van der Waals surface area contributed by atoms with Gasteiger partial charge in [-0.15, -0.1) is 0 Å².